The van der Waals surface area contributed by atoms with Crippen LogP contribution in [-0.2, 0) is 4.79 Å². The largest absolute Gasteiger partial charge is 0.321 e. The van der Waals surface area contributed by atoms with Gasteiger partial charge in [-0.3, -0.25) is 4.79 Å². The average Bonchev–Trinajstić information content (AvgIpc) is 2.84. The smallest absolute Gasteiger partial charge is 0.266 e. The standard InChI is InChI=1S/C15H11FN2OS/c1-10-6-7-20-14(10)8-11(9-17)15(19)18-13-4-2-12(16)3-5-13/h2-8H,1H3,(H,18,19)/b11-8-. The summed E-state index contributed by atoms with van der Waals surface area (Å²) >= 11 is 1.46. The highest BCUT2D eigenvalue weighted by atomic mass is 32.1. The normalized spacial score (nSPS) is 10.9. The van der Waals surface area contributed by atoms with Gasteiger partial charge in [-0.05, 0) is 54.3 Å². The highest BCUT2D eigenvalue weighted by Gasteiger charge is 2.10. The summed E-state index contributed by atoms with van der Waals surface area (Å²) in [5.74, 6) is -0.889. The summed E-state index contributed by atoms with van der Waals surface area (Å²) in [6, 6.07) is 9.18. The lowest BCUT2D eigenvalue weighted by atomic mass is 10.2. The van der Waals surface area contributed by atoms with E-state index < -0.39 is 5.91 Å². The number of amides is 1. The Morgan fingerprint density at radius 2 is 2.05 bits per heavy atom. The molecule has 5 heteroatoms. The molecule has 0 fully saturated rings. The molecule has 1 heterocycles. The Balaban J connectivity index is 2.18. The number of aryl methyl sites for hydroxylation is 1. The first-order valence-electron chi connectivity index (χ1n) is 5.83. The number of carbonyl (C=O) groups excluding carboxylic acids is 1. The average molecular weight is 286 g/mol. The molecule has 20 heavy (non-hydrogen) atoms. The van der Waals surface area contributed by atoms with Crippen LogP contribution in [0.5, 0.6) is 0 Å². The maximum absolute atomic E-state index is 12.8. The fraction of sp³-hybridized carbons (Fsp3) is 0.0667. The summed E-state index contributed by atoms with van der Waals surface area (Å²) in [5.41, 5.74) is 1.47. The number of carbonyl (C=O) groups is 1. The lowest BCUT2D eigenvalue weighted by Crippen LogP contribution is -2.13. The molecule has 0 aliphatic heterocycles. The summed E-state index contributed by atoms with van der Waals surface area (Å²) < 4.78 is 12.8. The number of halogens is 1. The second-order valence-corrected chi connectivity index (χ2v) is 5.05. The van der Waals surface area contributed by atoms with Crippen molar-refractivity contribution in [1.82, 2.24) is 0 Å². The number of benzene rings is 1. The van der Waals surface area contributed by atoms with Crippen LogP contribution in [0.25, 0.3) is 6.08 Å². The minimum atomic E-state index is -0.507. The molecule has 0 spiro atoms. The zero-order valence-corrected chi connectivity index (χ0v) is 11.5. The molecule has 0 saturated carbocycles. The molecule has 0 aliphatic carbocycles. The molecule has 100 valence electrons. The predicted molar refractivity (Wildman–Crippen MR) is 77.7 cm³/mol. The van der Waals surface area contributed by atoms with Gasteiger partial charge in [0.15, 0.2) is 0 Å². The van der Waals surface area contributed by atoms with Crippen molar-refractivity contribution in [3.63, 3.8) is 0 Å². The lowest BCUT2D eigenvalue weighted by molar-refractivity contribution is -0.112. The van der Waals surface area contributed by atoms with E-state index in [9.17, 15) is 9.18 Å². The first-order chi connectivity index (χ1) is 9.60. The molecule has 0 atom stereocenters. The summed E-state index contributed by atoms with van der Waals surface area (Å²) in [6.07, 6.45) is 1.55. The molecule has 2 aromatic rings. The minimum Gasteiger partial charge on any atom is -0.321 e. The molecule has 1 aromatic carbocycles. The van der Waals surface area contributed by atoms with Crippen molar-refractivity contribution >= 4 is 29.0 Å². The Hall–Kier alpha value is -2.45. The SMILES string of the molecule is Cc1ccsc1/C=C(/C#N)C(=O)Nc1ccc(F)cc1. The maximum Gasteiger partial charge on any atom is 0.266 e. The van der Waals surface area contributed by atoms with Crippen LogP contribution in [0.1, 0.15) is 10.4 Å². The number of thiophene rings is 1. The van der Waals surface area contributed by atoms with Gasteiger partial charge in [-0.15, -0.1) is 11.3 Å². The summed E-state index contributed by atoms with van der Waals surface area (Å²) in [5, 5.41) is 13.5. The summed E-state index contributed by atoms with van der Waals surface area (Å²) in [7, 11) is 0. The van der Waals surface area contributed by atoms with Crippen molar-refractivity contribution in [1.29, 1.82) is 5.26 Å². The fourth-order valence-electron chi connectivity index (χ4n) is 1.54. The Morgan fingerprint density at radius 3 is 2.60 bits per heavy atom. The number of anilines is 1. The number of hydrogen-bond donors (Lipinski definition) is 1. The monoisotopic (exact) mass is 286 g/mol. The van der Waals surface area contributed by atoms with E-state index in [1.165, 1.54) is 35.6 Å². The third-order valence-electron chi connectivity index (χ3n) is 2.64. The molecule has 0 aliphatic rings. The van der Waals surface area contributed by atoms with E-state index in [0.717, 1.165) is 10.4 Å². The molecule has 0 unspecified atom stereocenters. The van der Waals surface area contributed by atoms with Crippen molar-refractivity contribution in [2.45, 2.75) is 6.92 Å². The highest BCUT2D eigenvalue weighted by molar-refractivity contribution is 7.11. The van der Waals surface area contributed by atoms with Crippen LogP contribution in [-0.4, -0.2) is 5.91 Å². The Labute approximate surface area is 120 Å². The van der Waals surface area contributed by atoms with Gasteiger partial charge in [0.1, 0.15) is 17.5 Å². The molecule has 3 nitrogen and oxygen atoms in total. The molecule has 0 bridgehead atoms. The van der Waals surface area contributed by atoms with Crippen molar-refractivity contribution in [2.75, 3.05) is 5.32 Å². The third kappa shape index (κ3) is 3.31. The van der Waals surface area contributed by atoms with Crippen LogP contribution in [0.2, 0.25) is 0 Å². The van der Waals surface area contributed by atoms with E-state index in [0.29, 0.717) is 5.69 Å². The first-order valence-corrected chi connectivity index (χ1v) is 6.71. The molecular formula is C15H11FN2OS. The van der Waals surface area contributed by atoms with E-state index in [1.54, 1.807) is 6.08 Å². The lowest BCUT2D eigenvalue weighted by Gasteiger charge is -2.03. The Morgan fingerprint density at radius 1 is 1.35 bits per heavy atom. The zero-order valence-electron chi connectivity index (χ0n) is 10.7. The van der Waals surface area contributed by atoms with Crippen molar-refractivity contribution in [3.05, 3.63) is 57.5 Å². The van der Waals surface area contributed by atoms with Crippen LogP contribution < -0.4 is 5.32 Å². The quantitative estimate of drug-likeness (QED) is 0.690. The van der Waals surface area contributed by atoms with E-state index in [4.69, 9.17) is 5.26 Å². The van der Waals surface area contributed by atoms with Gasteiger partial charge in [0.25, 0.3) is 5.91 Å². The van der Waals surface area contributed by atoms with Gasteiger partial charge in [0.05, 0.1) is 0 Å². The van der Waals surface area contributed by atoms with Gasteiger partial charge >= 0.3 is 0 Å². The molecular weight excluding hydrogens is 275 g/mol. The van der Waals surface area contributed by atoms with E-state index >= 15 is 0 Å². The molecule has 1 amide bonds. The van der Waals surface area contributed by atoms with Gasteiger partial charge in [0.2, 0.25) is 0 Å². The second-order valence-electron chi connectivity index (χ2n) is 4.10. The van der Waals surface area contributed by atoms with Crippen LogP contribution in [0.3, 0.4) is 0 Å². The first kappa shape index (κ1) is 14.0. The third-order valence-corrected chi connectivity index (χ3v) is 3.61. The fourth-order valence-corrected chi connectivity index (χ4v) is 2.40. The van der Waals surface area contributed by atoms with Crippen molar-refractivity contribution < 1.29 is 9.18 Å². The topological polar surface area (TPSA) is 52.9 Å². The summed E-state index contributed by atoms with van der Waals surface area (Å²) in [4.78, 5) is 12.8. The Bertz CT molecular complexity index is 695. The molecule has 0 radical (unpaired) electrons. The number of nitrogens with zero attached hydrogens (tertiary/aromatic N) is 1. The second kappa shape index (κ2) is 6.13. The van der Waals surface area contributed by atoms with Gasteiger partial charge in [-0.1, -0.05) is 0 Å². The number of hydrogen-bond acceptors (Lipinski definition) is 3. The van der Waals surface area contributed by atoms with Gasteiger partial charge < -0.3 is 5.32 Å². The van der Waals surface area contributed by atoms with Gasteiger partial charge in [-0.2, -0.15) is 5.26 Å². The Kier molecular flexibility index (Phi) is 4.28. The van der Waals surface area contributed by atoms with Gasteiger partial charge in [-0.25, -0.2) is 4.39 Å². The molecule has 2 rings (SSSR count). The molecule has 0 saturated heterocycles. The predicted octanol–water partition coefficient (Wildman–Crippen LogP) is 3.74. The number of nitriles is 1. The van der Waals surface area contributed by atoms with E-state index in [1.807, 2.05) is 24.4 Å². The zero-order chi connectivity index (χ0) is 14.5. The molecule has 1 aromatic heterocycles. The summed E-state index contributed by atoms with van der Waals surface area (Å²) in [6.45, 7) is 1.91. The molecule has 1 N–H and O–H groups in total. The number of nitrogens with one attached hydrogen (secondary N) is 1. The number of rotatable bonds is 3. The van der Waals surface area contributed by atoms with Gasteiger partial charge in [0, 0.05) is 10.6 Å². The van der Waals surface area contributed by atoms with E-state index in [2.05, 4.69) is 5.32 Å². The van der Waals surface area contributed by atoms with Crippen LogP contribution >= 0.6 is 11.3 Å². The van der Waals surface area contributed by atoms with Crippen LogP contribution in [0.15, 0.2) is 41.3 Å². The van der Waals surface area contributed by atoms with Crippen LogP contribution in [0, 0.1) is 24.1 Å². The highest BCUT2D eigenvalue weighted by Crippen LogP contribution is 2.19. The van der Waals surface area contributed by atoms with E-state index in [-0.39, 0.29) is 11.4 Å². The maximum atomic E-state index is 12.8. The minimum absolute atomic E-state index is 0.0138. The van der Waals surface area contributed by atoms with Crippen molar-refractivity contribution in [2.24, 2.45) is 0 Å². The van der Waals surface area contributed by atoms with Crippen LogP contribution in [0.4, 0.5) is 10.1 Å². The van der Waals surface area contributed by atoms with Crippen molar-refractivity contribution in [3.8, 4) is 6.07 Å².